The molecule has 1 fully saturated rings. The van der Waals surface area contributed by atoms with Gasteiger partial charge in [0.1, 0.15) is 0 Å². The standard InChI is InChI=1S/C18H31N3/c1-14(2)15-7-9-16(10-8-15)18(19)13-20(3)12-17-6-5-11-21(17)4/h7-10,14,17-18H,5-6,11-13,19H2,1-4H3. The highest BCUT2D eigenvalue weighted by atomic mass is 15.2. The molecule has 1 aromatic rings. The molecule has 21 heavy (non-hydrogen) atoms. The average molecular weight is 289 g/mol. The molecule has 0 spiro atoms. The van der Waals surface area contributed by atoms with Crippen molar-refractivity contribution in [2.75, 3.05) is 33.7 Å². The maximum absolute atomic E-state index is 6.38. The van der Waals surface area contributed by atoms with Crippen LogP contribution in [0.25, 0.3) is 0 Å². The van der Waals surface area contributed by atoms with Gasteiger partial charge in [-0.3, -0.25) is 0 Å². The largest absolute Gasteiger partial charge is 0.323 e. The summed E-state index contributed by atoms with van der Waals surface area (Å²) in [6.07, 6.45) is 2.65. The number of hydrogen-bond acceptors (Lipinski definition) is 3. The van der Waals surface area contributed by atoms with Crippen LogP contribution in [-0.4, -0.2) is 49.6 Å². The summed E-state index contributed by atoms with van der Waals surface area (Å²) in [6, 6.07) is 9.61. The lowest BCUT2D eigenvalue weighted by molar-refractivity contribution is 0.213. The summed E-state index contributed by atoms with van der Waals surface area (Å²) in [5.41, 5.74) is 9.00. The molecule has 1 saturated heterocycles. The smallest absolute Gasteiger partial charge is 0.0424 e. The maximum Gasteiger partial charge on any atom is 0.0424 e. The molecule has 2 unspecified atom stereocenters. The summed E-state index contributed by atoms with van der Waals surface area (Å²) in [5.74, 6) is 0.579. The Kier molecular flexibility index (Phi) is 5.80. The van der Waals surface area contributed by atoms with Crippen LogP contribution in [0.1, 0.15) is 49.8 Å². The van der Waals surface area contributed by atoms with E-state index >= 15 is 0 Å². The van der Waals surface area contributed by atoms with Gasteiger partial charge in [0.15, 0.2) is 0 Å². The number of likely N-dealkylation sites (tertiary alicyclic amines) is 1. The van der Waals surface area contributed by atoms with E-state index in [0.717, 1.165) is 13.1 Å². The zero-order valence-electron chi connectivity index (χ0n) is 14.0. The molecule has 3 heteroatoms. The van der Waals surface area contributed by atoms with Crippen molar-refractivity contribution in [1.82, 2.24) is 9.80 Å². The molecule has 0 bridgehead atoms. The van der Waals surface area contributed by atoms with Crippen LogP contribution < -0.4 is 5.73 Å². The Labute approximate surface area is 130 Å². The predicted molar refractivity (Wildman–Crippen MR) is 90.6 cm³/mol. The first-order chi connectivity index (χ1) is 9.97. The van der Waals surface area contributed by atoms with Crippen LogP contribution in [-0.2, 0) is 0 Å². The minimum Gasteiger partial charge on any atom is -0.323 e. The second-order valence-electron chi connectivity index (χ2n) is 6.93. The minimum atomic E-state index is 0.0999. The Morgan fingerprint density at radius 1 is 1.24 bits per heavy atom. The molecule has 0 amide bonds. The van der Waals surface area contributed by atoms with E-state index in [2.05, 4.69) is 62.0 Å². The molecule has 1 heterocycles. The van der Waals surface area contributed by atoms with Gasteiger partial charge in [-0.25, -0.2) is 0 Å². The third kappa shape index (κ3) is 4.53. The fourth-order valence-corrected chi connectivity index (χ4v) is 3.21. The maximum atomic E-state index is 6.38. The number of nitrogens with zero attached hydrogens (tertiary/aromatic N) is 2. The fourth-order valence-electron chi connectivity index (χ4n) is 3.21. The van der Waals surface area contributed by atoms with Gasteiger partial charge in [-0.2, -0.15) is 0 Å². The van der Waals surface area contributed by atoms with Crippen LogP contribution in [0.5, 0.6) is 0 Å². The van der Waals surface area contributed by atoms with Gasteiger partial charge < -0.3 is 15.5 Å². The monoisotopic (exact) mass is 289 g/mol. The zero-order chi connectivity index (χ0) is 15.4. The first-order valence-electron chi connectivity index (χ1n) is 8.21. The van der Waals surface area contributed by atoms with Crippen molar-refractivity contribution in [2.45, 2.75) is 44.7 Å². The van der Waals surface area contributed by atoms with E-state index in [0.29, 0.717) is 12.0 Å². The van der Waals surface area contributed by atoms with Gasteiger partial charge in [0.25, 0.3) is 0 Å². The van der Waals surface area contributed by atoms with E-state index < -0.39 is 0 Å². The second-order valence-corrected chi connectivity index (χ2v) is 6.93. The Hall–Kier alpha value is -0.900. The first-order valence-corrected chi connectivity index (χ1v) is 8.21. The van der Waals surface area contributed by atoms with Crippen LogP contribution in [0.2, 0.25) is 0 Å². The average Bonchev–Trinajstić information content (AvgIpc) is 2.84. The van der Waals surface area contributed by atoms with Crippen LogP contribution in [0.15, 0.2) is 24.3 Å². The highest BCUT2D eigenvalue weighted by Gasteiger charge is 2.22. The summed E-state index contributed by atoms with van der Waals surface area (Å²) in [4.78, 5) is 4.85. The van der Waals surface area contributed by atoms with Crippen LogP contribution >= 0.6 is 0 Å². The van der Waals surface area contributed by atoms with Crippen molar-refractivity contribution in [3.63, 3.8) is 0 Å². The Morgan fingerprint density at radius 3 is 2.38 bits per heavy atom. The summed E-state index contributed by atoms with van der Waals surface area (Å²) >= 11 is 0. The predicted octanol–water partition coefficient (Wildman–Crippen LogP) is 2.84. The third-order valence-corrected chi connectivity index (χ3v) is 4.73. The van der Waals surface area contributed by atoms with E-state index in [1.165, 1.54) is 30.5 Å². The van der Waals surface area contributed by atoms with E-state index in [-0.39, 0.29) is 6.04 Å². The fraction of sp³-hybridized carbons (Fsp3) is 0.667. The molecule has 118 valence electrons. The lowest BCUT2D eigenvalue weighted by atomic mass is 9.99. The molecule has 2 atom stereocenters. The summed E-state index contributed by atoms with van der Waals surface area (Å²) < 4.78 is 0. The molecular formula is C18H31N3. The summed E-state index contributed by atoms with van der Waals surface area (Å²) in [6.45, 7) is 7.72. The molecule has 1 aliphatic rings. The lowest BCUT2D eigenvalue weighted by Crippen LogP contribution is -2.39. The van der Waals surface area contributed by atoms with Gasteiger partial charge in [0.2, 0.25) is 0 Å². The number of hydrogen-bond donors (Lipinski definition) is 1. The van der Waals surface area contributed by atoms with Crippen LogP contribution in [0, 0.1) is 0 Å². The molecule has 1 aromatic carbocycles. The zero-order valence-corrected chi connectivity index (χ0v) is 14.0. The van der Waals surface area contributed by atoms with Crippen molar-refractivity contribution in [2.24, 2.45) is 5.73 Å². The van der Waals surface area contributed by atoms with Crippen molar-refractivity contribution in [3.05, 3.63) is 35.4 Å². The van der Waals surface area contributed by atoms with Gasteiger partial charge in [-0.15, -0.1) is 0 Å². The lowest BCUT2D eigenvalue weighted by Gasteiger charge is -2.27. The first kappa shape index (κ1) is 16.5. The molecule has 2 N–H and O–H groups in total. The highest BCUT2D eigenvalue weighted by Crippen LogP contribution is 2.19. The van der Waals surface area contributed by atoms with Crippen molar-refractivity contribution < 1.29 is 0 Å². The summed E-state index contributed by atoms with van der Waals surface area (Å²) in [5, 5.41) is 0. The van der Waals surface area contributed by atoms with E-state index in [4.69, 9.17) is 5.73 Å². The molecule has 0 aliphatic carbocycles. The topological polar surface area (TPSA) is 32.5 Å². The normalized spacial score (nSPS) is 21.4. The van der Waals surface area contributed by atoms with Gasteiger partial charge in [-0.05, 0) is 50.5 Å². The number of nitrogens with two attached hydrogens (primary N) is 1. The van der Waals surface area contributed by atoms with Gasteiger partial charge in [0.05, 0.1) is 0 Å². The van der Waals surface area contributed by atoms with E-state index in [1.807, 2.05) is 0 Å². The molecule has 0 radical (unpaired) electrons. The Morgan fingerprint density at radius 2 is 1.86 bits per heavy atom. The summed E-state index contributed by atoms with van der Waals surface area (Å²) in [7, 11) is 4.42. The van der Waals surface area contributed by atoms with E-state index in [9.17, 15) is 0 Å². The number of benzene rings is 1. The quantitative estimate of drug-likeness (QED) is 0.874. The molecule has 0 saturated carbocycles. The Bertz CT molecular complexity index is 427. The SMILES string of the molecule is CC(C)c1ccc(C(N)CN(C)CC2CCCN2C)cc1. The Balaban J connectivity index is 1.86. The second kappa shape index (κ2) is 7.39. The molecule has 2 rings (SSSR count). The van der Waals surface area contributed by atoms with Gasteiger partial charge in [0, 0.05) is 25.2 Å². The van der Waals surface area contributed by atoms with Crippen molar-refractivity contribution in [3.8, 4) is 0 Å². The molecule has 0 aromatic heterocycles. The van der Waals surface area contributed by atoms with E-state index in [1.54, 1.807) is 0 Å². The van der Waals surface area contributed by atoms with Crippen molar-refractivity contribution in [1.29, 1.82) is 0 Å². The van der Waals surface area contributed by atoms with Crippen LogP contribution in [0.4, 0.5) is 0 Å². The van der Waals surface area contributed by atoms with Crippen LogP contribution in [0.3, 0.4) is 0 Å². The van der Waals surface area contributed by atoms with Gasteiger partial charge >= 0.3 is 0 Å². The molecular weight excluding hydrogens is 258 g/mol. The van der Waals surface area contributed by atoms with Crippen molar-refractivity contribution >= 4 is 0 Å². The minimum absolute atomic E-state index is 0.0999. The third-order valence-electron chi connectivity index (χ3n) is 4.73. The number of rotatable bonds is 6. The molecule has 1 aliphatic heterocycles. The number of likely N-dealkylation sites (N-methyl/N-ethyl adjacent to an activating group) is 2. The highest BCUT2D eigenvalue weighted by molar-refractivity contribution is 5.26. The van der Waals surface area contributed by atoms with Gasteiger partial charge in [-0.1, -0.05) is 38.1 Å². The molecule has 3 nitrogen and oxygen atoms in total.